The Kier molecular flexibility index (Phi) is 6.92. The maximum atomic E-state index is 13.8. The van der Waals surface area contributed by atoms with Crippen molar-refractivity contribution >= 4 is 10.0 Å². The van der Waals surface area contributed by atoms with E-state index in [2.05, 4.69) is 4.74 Å². The molecule has 2 atom stereocenters. The Labute approximate surface area is 191 Å². The van der Waals surface area contributed by atoms with Crippen LogP contribution in [0.1, 0.15) is 24.0 Å². The topological polar surface area (TPSA) is 55.8 Å². The van der Waals surface area contributed by atoms with Gasteiger partial charge in [0.1, 0.15) is 10.6 Å². The van der Waals surface area contributed by atoms with E-state index in [9.17, 15) is 21.6 Å². The predicted molar refractivity (Wildman–Crippen MR) is 117 cm³/mol. The number of ether oxygens (including phenoxy) is 2. The number of allylic oxidation sites excluding steroid dienone is 4. The van der Waals surface area contributed by atoms with E-state index in [4.69, 9.17) is 4.74 Å². The van der Waals surface area contributed by atoms with Crippen molar-refractivity contribution in [3.8, 4) is 5.75 Å². The lowest BCUT2D eigenvalue weighted by atomic mass is 9.93. The first-order chi connectivity index (χ1) is 15.7. The highest BCUT2D eigenvalue weighted by molar-refractivity contribution is 7.89. The molecule has 0 fully saturated rings. The summed E-state index contributed by atoms with van der Waals surface area (Å²) in [5.74, 6) is -0.654. The van der Waals surface area contributed by atoms with E-state index in [1.165, 1.54) is 16.4 Å². The Balaban J connectivity index is 1.75. The van der Waals surface area contributed by atoms with E-state index in [0.29, 0.717) is 13.0 Å². The van der Waals surface area contributed by atoms with Gasteiger partial charge in [-0.05, 0) is 42.0 Å². The molecule has 0 N–H and O–H groups in total. The predicted octanol–water partition coefficient (Wildman–Crippen LogP) is 5.20. The summed E-state index contributed by atoms with van der Waals surface area (Å²) in [7, 11) is -4.36. The van der Waals surface area contributed by atoms with Gasteiger partial charge in [0.05, 0.1) is 13.2 Å². The maximum Gasteiger partial charge on any atom is 0.573 e. The van der Waals surface area contributed by atoms with Gasteiger partial charge in [0.15, 0.2) is 0 Å². The van der Waals surface area contributed by atoms with Gasteiger partial charge in [0, 0.05) is 12.6 Å². The Morgan fingerprint density at radius 2 is 1.76 bits per heavy atom. The number of halogens is 3. The van der Waals surface area contributed by atoms with E-state index in [1.54, 1.807) is 6.07 Å². The Bertz CT molecular complexity index is 1140. The van der Waals surface area contributed by atoms with Crippen LogP contribution in [0.25, 0.3) is 0 Å². The highest BCUT2D eigenvalue weighted by Gasteiger charge is 2.39. The van der Waals surface area contributed by atoms with Crippen LogP contribution in [0.5, 0.6) is 5.75 Å². The molecule has 33 heavy (non-hydrogen) atoms. The van der Waals surface area contributed by atoms with E-state index in [1.807, 2.05) is 42.5 Å². The zero-order valence-corrected chi connectivity index (χ0v) is 18.6. The van der Waals surface area contributed by atoms with Gasteiger partial charge in [-0.15, -0.1) is 13.2 Å². The fraction of sp³-hybridized carbons (Fsp3) is 0.333. The molecule has 1 aliphatic heterocycles. The molecular formula is C24H24F3NO4S. The summed E-state index contributed by atoms with van der Waals surface area (Å²) in [4.78, 5) is -0.524. The minimum absolute atomic E-state index is 0.0269. The number of benzene rings is 2. The Morgan fingerprint density at radius 3 is 2.48 bits per heavy atom. The molecule has 0 aromatic heterocycles. The summed E-state index contributed by atoms with van der Waals surface area (Å²) >= 11 is 0. The second-order valence-corrected chi connectivity index (χ2v) is 9.89. The first kappa shape index (κ1) is 23.5. The molecule has 2 aromatic carbocycles. The number of hydrogen-bond acceptors (Lipinski definition) is 4. The number of hydrogen-bond donors (Lipinski definition) is 0. The fourth-order valence-electron chi connectivity index (χ4n) is 4.16. The molecule has 0 radical (unpaired) electrons. The van der Waals surface area contributed by atoms with Crippen molar-refractivity contribution in [2.45, 2.75) is 43.3 Å². The molecule has 2 aliphatic rings. The summed E-state index contributed by atoms with van der Waals surface area (Å²) in [6.07, 6.45) is 4.08. The molecule has 1 heterocycles. The Morgan fingerprint density at radius 1 is 1.03 bits per heavy atom. The molecule has 9 heteroatoms. The normalized spacial score (nSPS) is 21.8. The minimum Gasteiger partial charge on any atom is -0.404 e. The minimum atomic E-state index is -5.02. The fourth-order valence-corrected chi connectivity index (χ4v) is 5.87. The number of para-hydroxylation sites is 1. The molecule has 176 valence electrons. The van der Waals surface area contributed by atoms with Crippen molar-refractivity contribution in [3.05, 3.63) is 84.0 Å². The smallest absolute Gasteiger partial charge is 0.404 e. The van der Waals surface area contributed by atoms with Crippen molar-refractivity contribution in [2.75, 3.05) is 6.61 Å². The van der Waals surface area contributed by atoms with Gasteiger partial charge in [-0.25, -0.2) is 8.42 Å². The lowest BCUT2D eigenvalue weighted by molar-refractivity contribution is -0.275. The standard InChI is InChI=1S/C24H24F3NO4S/c25-24(26,27)32-22-12-6-7-13-23(22)33(29,30)28-15-19-10-4-5-11-20(19)16-31-17-21(28)14-18-8-2-1-3-9-18/h1-8,10-13,18,21H,9,14-17H2. The number of sulfonamides is 1. The van der Waals surface area contributed by atoms with Gasteiger partial charge in [0.25, 0.3) is 0 Å². The highest BCUT2D eigenvalue weighted by atomic mass is 32.2. The molecule has 4 rings (SSSR count). The first-order valence-electron chi connectivity index (χ1n) is 10.6. The summed E-state index contributed by atoms with van der Waals surface area (Å²) < 4.78 is 77.8. The second kappa shape index (κ2) is 9.70. The van der Waals surface area contributed by atoms with Crippen LogP contribution < -0.4 is 4.74 Å². The molecule has 0 saturated heterocycles. The third kappa shape index (κ3) is 5.66. The highest BCUT2D eigenvalue weighted by Crippen LogP contribution is 2.35. The van der Waals surface area contributed by atoms with Gasteiger partial charge in [-0.3, -0.25) is 0 Å². The van der Waals surface area contributed by atoms with Crippen LogP contribution in [0.4, 0.5) is 13.2 Å². The van der Waals surface area contributed by atoms with Gasteiger partial charge in [0.2, 0.25) is 10.0 Å². The van der Waals surface area contributed by atoms with Crippen LogP contribution in [0.3, 0.4) is 0 Å². The third-order valence-corrected chi connectivity index (χ3v) is 7.66. The van der Waals surface area contributed by atoms with E-state index in [0.717, 1.165) is 29.7 Å². The third-order valence-electron chi connectivity index (χ3n) is 5.73. The largest absolute Gasteiger partial charge is 0.573 e. The SMILES string of the molecule is O=S(=O)(c1ccccc1OC(F)(F)F)N1Cc2ccccc2COCC1CC1C=CC=CC1. The molecule has 0 spiro atoms. The quantitative estimate of drug-likeness (QED) is 0.592. The van der Waals surface area contributed by atoms with Crippen molar-refractivity contribution < 1.29 is 31.1 Å². The molecule has 1 aliphatic carbocycles. The van der Waals surface area contributed by atoms with Gasteiger partial charge < -0.3 is 9.47 Å². The van der Waals surface area contributed by atoms with Crippen molar-refractivity contribution in [2.24, 2.45) is 5.92 Å². The first-order valence-corrected chi connectivity index (χ1v) is 12.0. The van der Waals surface area contributed by atoms with Gasteiger partial charge >= 0.3 is 6.36 Å². The average Bonchev–Trinajstić information content (AvgIpc) is 2.76. The monoisotopic (exact) mass is 479 g/mol. The van der Waals surface area contributed by atoms with Gasteiger partial charge in [-0.2, -0.15) is 4.31 Å². The van der Waals surface area contributed by atoms with Crippen molar-refractivity contribution in [1.29, 1.82) is 0 Å². The number of nitrogens with zero attached hydrogens (tertiary/aromatic N) is 1. The number of rotatable bonds is 5. The maximum absolute atomic E-state index is 13.8. The zero-order valence-electron chi connectivity index (χ0n) is 17.7. The summed E-state index contributed by atoms with van der Waals surface area (Å²) in [6.45, 7) is 0.498. The molecule has 2 aromatic rings. The molecular weight excluding hydrogens is 455 g/mol. The van der Waals surface area contributed by atoms with E-state index >= 15 is 0 Å². The second-order valence-electron chi connectivity index (χ2n) is 8.03. The van der Waals surface area contributed by atoms with Crippen LogP contribution in [-0.4, -0.2) is 31.7 Å². The van der Waals surface area contributed by atoms with E-state index in [-0.39, 0.29) is 19.1 Å². The zero-order chi connectivity index (χ0) is 23.5. The molecule has 0 amide bonds. The van der Waals surface area contributed by atoms with Gasteiger partial charge in [-0.1, -0.05) is 60.7 Å². The summed E-state index contributed by atoms with van der Waals surface area (Å²) in [6, 6.07) is 11.6. The van der Waals surface area contributed by atoms with Crippen LogP contribution in [-0.2, 0) is 27.9 Å². The van der Waals surface area contributed by atoms with Crippen LogP contribution in [0.15, 0.2) is 77.7 Å². The van der Waals surface area contributed by atoms with E-state index < -0.39 is 33.1 Å². The van der Waals surface area contributed by atoms with Crippen LogP contribution in [0, 0.1) is 5.92 Å². The summed E-state index contributed by atoms with van der Waals surface area (Å²) in [5.41, 5.74) is 1.59. The number of fused-ring (bicyclic) bond motifs is 1. The molecule has 2 unspecified atom stereocenters. The van der Waals surface area contributed by atoms with Crippen LogP contribution in [0.2, 0.25) is 0 Å². The molecule has 5 nitrogen and oxygen atoms in total. The summed E-state index contributed by atoms with van der Waals surface area (Å²) in [5, 5.41) is 0. The lowest BCUT2D eigenvalue weighted by Crippen LogP contribution is -2.44. The van der Waals surface area contributed by atoms with Crippen molar-refractivity contribution in [1.82, 2.24) is 4.31 Å². The Hall–Kier alpha value is -2.62. The lowest BCUT2D eigenvalue weighted by Gasteiger charge is -2.35. The average molecular weight is 480 g/mol. The molecule has 0 bridgehead atoms. The van der Waals surface area contributed by atoms with Crippen LogP contribution >= 0.6 is 0 Å². The number of alkyl halides is 3. The van der Waals surface area contributed by atoms with Crippen molar-refractivity contribution in [3.63, 3.8) is 0 Å². The molecule has 0 saturated carbocycles.